The van der Waals surface area contributed by atoms with Crippen LogP contribution in [0.3, 0.4) is 0 Å². The molecule has 0 aliphatic rings. The fourth-order valence-electron chi connectivity index (χ4n) is 1.07. The summed E-state index contributed by atoms with van der Waals surface area (Å²) in [6.07, 6.45) is 3.01. The Bertz CT molecular complexity index is 218. The lowest BCUT2D eigenvalue weighted by Crippen LogP contribution is -2.17. The van der Waals surface area contributed by atoms with Crippen molar-refractivity contribution in [2.24, 2.45) is 0 Å². The Morgan fingerprint density at radius 1 is 1.29 bits per heavy atom. The van der Waals surface area contributed by atoms with Crippen molar-refractivity contribution in [2.75, 3.05) is 11.5 Å². The molecule has 0 heterocycles. The van der Waals surface area contributed by atoms with E-state index in [0.29, 0.717) is 0 Å². The van der Waals surface area contributed by atoms with Crippen LogP contribution in [-0.4, -0.2) is 15.6 Å². The third-order valence-electron chi connectivity index (χ3n) is 1.70. The molecule has 0 saturated carbocycles. The number of hydrogen-bond donors (Lipinski definition) is 0. The summed E-state index contributed by atoms with van der Waals surface area (Å²) in [4.78, 5) is 0. The maximum absolute atomic E-state index is 9.23. The van der Waals surface area contributed by atoms with Gasteiger partial charge in [-0.25, -0.2) is 0 Å². The number of allylic oxidation sites excluding steroid dienone is 2. The van der Waals surface area contributed by atoms with Crippen LogP contribution >= 0.6 is 23.5 Å². The predicted octanol–water partition coefficient (Wildman–Crippen LogP) is 4.07. The first-order chi connectivity index (χ1) is 6.60. The summed E-state index contributed by atoms with van der Waals surface area (Å²) in [7, 11) is 0. The summed E-state index contributed by atoms with van der Waals surface area (Å²) in [5.41, 5.74) is 1.29. The smallest absolute Gasteiger partial charge is 0.151 e. The van der Waals surface area contributed by atoms with Gasteiger partial charge >= 0.3 is 0 Å². The molecule has 0 atom stereocenters. The molecule has 0 aromatic rings. The van der Waals surface area contributed by atoms with E-state index < -0.39 is 0 Å². The zero-order valence-electron chi connectivity index (χ0n) is 9.46. The van der Waals surface area contributed by atoms with Crippen LogP contribution in [0.5, 0.6) is 0 Å². The molecule has 80 valence electrons. The number of nitriles is 1. The summed E-state index contributed by atoms with van der Waals surface area (Å²) in [5.74, 6) is 1.99. The second kappa shape index (κ2) is 7.25. The second-order valence-electron chi connectivity index (χ2n) is 3.22. The van der Waals surface area contributed by atoms with Crippen molar-refractivity contribution in [3.05, 3.63) is 11.6 Å². The first kappa shape index (κ1) is 13.9. The Hall–Kier alpha value is -0.0700. The van der Waals surface area contributed by atoms with Crippen molar-refractivity contribution in [2.45, 2.75) is 38.2 Å². The molecule has 0 spiro atoms. The van der Waals surface area contributed by atoms with Gasteiger partial charge in [0.25, 0.3) is 0 Å². The van der Waals surface area contributed by atoms with E-state index in [4.69, 9.17) is 0 Å². The Morgan fingerprint density at radius 3 is 2.07 bits per heavy atom. The van der Waals surface area contributed by atoms with Crippen molar-refractivity contribution in [3.8, 4) is 6.07 Å². The van der Waals surface area contributed by atoms with E-state index in [2.05, 4.69) is 39.8 Å². The topological polar surface area (TPSA) is 23.8 Å². The van der Waals surface area contributed by atoms with Crippen molar-refractivity contribution in [1.82, 2.24) is 0 Å². The molecule has 0 fully saturated rings. The molecular formula is C11H19NS2. The van der Waals surface area contributed by atoms with Gasteiger partial charge in [-0.3, -0.25) is 0 Å². The van der Waals surface area contributed by atoms with Gasteiger partial charge in [0.1, 0.15) is 0 Å². The lowest BCUT2D eigenvalue weighted by Gasteiger charge is -2.23. The molecule has 14 heavy (non-hydrogen) atoms. The summed E-state index contributed by atoms with van der Waals surface area (Å²) in [6, 6.07) is 2.45. The average Bonchev–Trinajstić information content (AvgIpc) is 2.15. The molecule has 0 N–H and O–H groups in total. The number of hydrogen-bond acceptors (Lipinski definition) is 3. The molecule has 0 bridgehead atoms. The molecule has 0 aliphatic heterocycles. The minimum Gasteiger partial charge on any atom is -0.196 e. The minimum atomic E-state index is -0.263. The minimum absolute atomic E-state index is 0.263. The summed E-state index contributed by atoms with van der Waals surface area (Å²) >= 11 is 3.50. The van der Waals surface area contributed by atoms with E-state index in [0.717, 1.165) is 17.9 Å². The van der Waals surface area contributed by atoms with Crippen LogP contribution < -0.4 is 0 Å². The average molecular weight is 229 g/mol. The maximum atomic E-state index is 9.23. The van der Waals surface area contributed by atoms with Gasteiger partial charge in [0.2, 0.25) is 0 Å². The largest absolute Gasteiger partial charge is 0.196 e. The van der Waals surface area contributed by atoms with Gasteiger partial charge < -0.3 is 0 Å². The lowest BCUT2D eigenvalue weighted by atomic mass is 10.2. The normalized spacial score (nSPS) is 10.8. The summed E-state index contributed by atoms with van der Waals surface area (Å²) in [6.45, 7) is 8.37. The molecule has 0 radical (unpaired) electrons. The zero-order chi connectivity index (χ0) is 11.0. The first-order valence-electron chi connectivity index (χ1n) is 4.92. The summed E-state index contributed by atoms with van der Waals surface area (Å²) < 4.78 is -0.263. The van der Waals surface area contributed by atoms with E-state index in [9.17, 15) is 5.26 Å². The third-order valence-corrected chi connectivity index (χ3v) is 4.44. The van der Waals surface area contributed by atoms with Gasteiger partial charge in [-0.05, 0) is 25.4 Å². The van der Waals surface area contributed by atoms with Crippen molar-refractivity contribution in [3.63, 3.8) is 0 Å². The quantitative estimate of drug-likeness (QED) is 0.507. The lowest BCUT2D eigenvalue weighted by molar-refractivity contribution is 0.997. The Labute approximate surface area is 96.3 Å². The van der Waals surface area contributed by atoms with Crippen LogP contribution in [0.1, 0.15) is 34.1 Å². The highest BCUT2D eigenvalue weighted by atomic mass is 32.2. The molecule has 0 saturated heterocycles. The Kier molecular flexibility index (Phi) is 7.22. The van der Waals surface area contributed by atoms with Crippen LogP contribution in [0.2, 0.25) is 0 Å². The highest BCUT2D eigenvalue weighted by molar-refractivity contribution is 8.18. The van der Waals surface area contributed by atoms with Crippen molar-refractivity contribution < 1.29 is 0 Å². The fourth-order valence-corrected chi connectivity index (χ4v) is 3.58. The molecule has 0 aliphatic carbocycles. The molecule has 1 nitrogen and oxygen atoms in total. The van der Waals surface area contributed by atoms with E-state index in [1.807, 2.05) is 0 Å². The highest BCUT2D eigenvalue weighted by Crippen LogP contribution is 2.40. The van der Waals surface area contributed by atoms with Crippen LogP contribution in [0, 0.1) is 11.3 Å². The number of rotatable bonds is 6. The molecule has 0 unspecified atom stereocenters. The van der Waals surface area contributed by atoms with Crippen LogP contribution in [0.15, 0.2) is 11.6 Å². The van der Waals surface area contributed by atoms with Gasteiger partial charge in [-0.2, -0.15) is 5.26 Å². The van der Waals surface area contributed by atoms with Gasteiger partial charge in [0.05, 0.1) is 6.07 Å². The van der Waals surface area contributed by atoms with Gasteiger partial charge in [0, 0.05) is 6.42 Å². The first-order valence-corrected chi connectivity index (χ1v) is 6.90. The van der Waals surface area contributed by atoms with Gasteiger partial charge in [0.15, 0.2) is 4.08 Å². The standard InChI is InChI=1S/C11H19NS2/c1-5-13-11(9-12,14-6-2)8-7-10(3)4/h7H,5-6,8H2,1-4H3. The highest BCUT2D eigenvalue weighted by Gasteiger charge is 2.28. The van der Waals surface area contributed by atoms with Gasteiger partial charge in [-0.1, -0.05) is 25.5 Å². The number of nitrogens with zero attached hydrogens (tertiary/aromatic N) is 1. The predicted molar refractivity (Wildman–Crippen MR) is 68.7 cm³/mol. The number of thioether (sulfide) groups is 2. The molecule has 0 amide bonds. The van der Waals surface area contributed by atoms with Crippen LogP contribution in [0.4, 0.5) is 0 Å². The monoisotopic (exact) mass is 229 g/mol. The SMILES string of the molecule is CCSC(C#N)(CC=C(C)C)SCC. The summed E-state index contributed by atoms with van der Waals surface area (Å²) in [5, 5.41) is 9.23. The van der Waals surface area contributed by atoms with Crippen molar-refractivity contribution >= 4 is 23.5 Å². The van der Waals surface area contributed by atoms with E-state index in [1.165, 1.54) is 5.57 Å². The van der Waals surface area contributed by atoms with Crippen LogP contribution in [-0.2, 0) is 0 Å². The molecular weight excluding hydrogens is 210 g/mol. The Balaban J connectivity index is 4.50. The van der Waals surface area contributed by atoms with Gasteiger partial charge in [-0.15, -0.1) is 23.5 Å². The van der Waals surface area contributed by atoms with E-state index in [1.54, 1.807) is 23.5 Å². The zero-order valence-corrected chi connectivity index (χ0v) is 11.1. The maximum Gasteiger partial charge on any atom is 0.151 e. The van der Waals surface area contributed by atoms with E-state index in [-0.39, 0.29) is 4.08 Å². The third kappa shape index (κ3) is 4.97. The van der Waals surface area contributed by atoms with E-state index >= 15 is 0 Å². The second-order valence-corrected chi connectivity index (χ2v) is 6.60. The van der Waals surface area contributed by atoms with Crippen molar-refractivity contribution in [1.29, 1.82) is 5.26 Å². The molecule has 0 rings (SSSR count). The fraction of sp³-hybridized carbons (Fsp3) is 0.727. The van der Waals surface area contributed by atoms with Crippen LogP contribution in [0.25, 0.3) is 0 Å². The molecule has 0 aromatic heterocycles. The Morgan fingerprint density at radius 2 is 1.79 bits per heavy atom. The molecule has 0 aromatic carbocycles. The molecule has 3 heteroatoms.